The Balaban J connectivity index is 1.58. The first-order chi connectivity index (χ1) is 13.8. The number of benzene rings is 1. The fraction of sp³-hybridized carbons (Fsp3) is 0.625. The van der Waals surface area contributed by atoms with Gasteiger partial charge in [0.25, 0.3) is 0 Å². The van der Waals surface area contributed by atoms with E-state index in [1.165, 1.54) is 48.1 Å². The van der Waals surface area contributed by atoms with Gasteiger partial charge in [-0.25, -0.2) is 4.98 Å². The molecule has 2 aliphatic rings. The fourth-order valence-electron chi connectivity index (χ4n) is 4.60. The monoisotopic (exact) mass is 396 g/mol. The van der Waals surface area contributed by atoms with Crippen molar-refractivity contribution in [2.24, 2.45) is 0 Å². The SMILES string of the molecule is Cc1cc2c3c(c(NC(C)C)nc2cc1OCCCN1CCCC1)CC(C)(C)N3. The molecule has 0 radical (unpaired) electrons. The minimum absolute atomic E-state index is 0.0460. The van der Waals surface area contributed by atoms with Gasteiger partial charge in [-0.15, -0.1) is 0 Å². The molecule has 0 bridgehead atoms. The van der Waals surface area contributed by atoms with Gasteiger partial charge in [-0.2, -0.15) is 0 Å². The Hall–Kier alpha value is -2.01. The van der Waals surface area contributed by atoms with E-state index in [1.54, 1.807) is 0 Å². The van der Waals surface area contributed by atoms with E-state index in [4.69, 9.17) is 9.72 Å². The molecule has 158 valence electrons. The van der Waals surface area contributed by atoms with Crippen molar-refractivity contribution < 1.29 is 4.74 Å². The van der Waals surface area contributed by atoms with Gasteiger partial charge in [-0.3, -0.25) is 0 Å². The zero-order valence-corrected chi connectivity index (χ0v) is 18.7. The molecule has 1 saturated heterocycles. The molecule has 1 aromatic heterocycles. The molecule has 2 aromatic rings. The van der Waals surface area contributed by atoms with Crippen molar-refractivity contribution >= 4 is 22.4 Å². The van der Waals surface area contributed by atoms with Gasteiger partial charge in [0.15, 0.2) is 0 Å². The summed E-state index contributed by atoms with van der Waals surface area (Å²) >= 11 is 0. The van der Waals surface area contributed by atoms with E-state index in [0.717, 1.165) is 43.1 Å². The van der Waals surface area contributed by atoms with Crippen LogP contribution in [-0.4, -0.2) is 47.7 Å². The lowest BCUT2D eigenvalue weighted by Crippen LogP contribution is -2.27. The van der Waals surface area contributed by atoms with E-state index in [0.29, 0.717) is 6.04 Å². The molecule has 0 atom stereocenters. The minimum Gasteiger partial charge on any atom is -0.493 e. The Morgan fingerprint density at radius 1 is 1.24 bits per heavy atom. The summed E-state index contributed by atoms with van der Waals surface area (Å²) in [6, 6.07) is 4.71. The number of fused-ring (bicyclic) bond motifs is 3. The van der Waals surface area contributed by atoms with E-state index >= 15 is 0 Å². The van der Waals surface area contributed by atoms with Gasteiger partial charge < -0.3 is 20.3 Å². The summed E-state index contributed by atoms with van der Waals surface area (Å²) < 4.78 is 6.18. The number of hydrogen-bond acceptors (Lipinski definition) is 5. The molecule has 0 spiro atoms. The lowest BCUT2D eigenvalue weighted by molar-refractivity contribution is 0.262. The molecule has 0 saturated carbocycles. The summed E-state index contributed by atoms with van der Waals surface area (Å²) in [5, 5.41) is 8.49. The highest BCUT2D eigenvalue weighted by molar-refractivity contribution is 5.98. The van der Waals surface area contributed by atoms with Crippen LogP contribution in [-0.2, 0) is 6.42 Å². The highest BCUT2D eigenvalue weighted by Gasteiger charge is 2.32. The standard InChI is InChI=1S/C24H36N4O/c1-16(2)25-23-19-15-24(4,5)27-22(19)18-13-17(3)21(14-20(18)26-23)29-12-8-11-28-9-6-7-10-28/h13-14,16,27H,6-12,15H2,1-5H3,(H,25,26). The largest absolute Gasteiger partial charge is 0.493 e. The van der Waals surface area contributed by atoms with Crippen molar-refractivity contribution in [1.82, 2.24) is 9.88 Å². The van der Waals surface area contributed by atoms with Gasteiger partial charge in [-0.1, -0.05) is 0 Å². The molecule has 2 N–H and O–H groups in total. The number of nitrogens with zero attached hydrogens (tertiary/aromatic N) is 2. The highest BCUT2D eigenvalue weighted by atomic mass is 16.5. The molecular weight excluding hydrogens is 360 g/mol. The van der Waals surface area contributed by atoms with Crippen LogP contribution in [0.5, 0.6) is 5.75 Å². The zero-order valence-electron chi connectivity index (χ0n) is 18.7. The van der Waals surface area contributed by atoms with Crippen molar-refractivity contribution in [3.63, 3.8) is 0 Å². The van der Waals surface area contributed by atoms with E-state index in [9.17, 15) is 0 Å². The molecular formula is C24H36N4O. The summed E-state index contributed by atoms with van der Waals surface area (Å²) in [4.78, 5) is 7.55. The average Bonchev–Trinajstić information content (AvgIpc) is 3.26. The third-order valence-electron chi connectivity index (χ3n) is 5.96. The highest BCUT2D eigenvalue weighted by Crippen LogP contribution is 2.42. The quantitative estimate of drug-likeness (QED) is 0.647. The van der Waals surface area contributed by atoms with Gasteiger partial charge >= 0.3 is 0 Å². The lowest BCUT2D eigenvalue weighted by atomic mass is 9.99. The van der Waals surface area contributed by atoms with Crippen LogP contribution in [0.1, 0.15) is 58.1 Å². The van der Waals surface area contributed by atoms with Crippen LogP contribution in [0, 0.1) is 6.92 Å². The smallest absolute Gasteiger partial charge is 0.132 e. The number of rotatable bonds is 7. The first-order valence-corrected chi connectivity index (χ1v) is 11.2. The molecule has 0 aliphatic carbocycles. The minimum atomic E-state index is 0.0460. The summed E-state index contributed by atoms with van der Waals surface area (Å²) in [5.41, 5.74) is 4.75. The second-order valence-electron chi connectivity index (χ2n) is 9.68. The number of ether oxygens (including phenoxy) is 1. The Morgan fingerprint density at radius 2 is 2.00 bits per heavy atom. The van der Waals surface area contributed by atoms with Crippen molar-refractivity contribution in [3.8, 4) is 5.75 Å². The molecule has 3 heterocycles. The van der Waals surface area contributed by atoms with E-state index in [-0.39, 0.29) is 5.54 Å². The number of nitrogens with one attached hydrogen (secondary N) is 2. The van der Waals surface area contributed by atoms with Crippen LogP contribution in [0.2, 0.25) is 0 Å². The van der Waals surface area contributed by atoms with Crippen LogP contribution in [0.15, 0.2) is 12.1 Å². The topological polar surface area (TPSA) is 49.4 Å². The van der Waals surface area contributed by atoms with Gasteiger partial charge in [-0.05, 0) is 78.6 Å². The number of aryl methyl sites for hydroxylation is 1. The summed E-state index contributed by atoms with van der Waals surface area (Å²) in [7, 11) is 0. The number of anilines is 2. The Morgan fingerprint density at radius 3 is 2.72 bits per heavy atom. The average molecular weight is 397 g/mol. The third kappa shape index (κ3) is 4.45. The predicted molar refractivity (Wildman–Crippen MR) is 122 cm³/mol. The molecule has 5 nitrogen and oxygen atoms in total. The molecule has 0 amide bonds. The second kappa shape index (κ2) is 8.02. The molecule has 29 heavy (non-hydrogen) atoms. The van der Waals surface area contributed by atoms with E-state index in [1.807, 2.05) is 0 Å². The molecule has 2 aliphatic heterocycles. The van der Waals surface area contributed by atoms with Crippen molar-refractivity contribution in [3.05, 3.63) is 23.3 Å². The lowest BCUT2D eigenvalue weighted by Gasteiger charge is -2.19. The van der Waals surface area contributed by atoms with Crippen LogP contribution < -0.4 is 15.4 Å². The first-order valence-electron chi connectivity index (χ1n) is 11.2. The molecule has 5 heteroatoms. The molecule has 4 rings (SSSR count). The zero-order chi connectivity index (χ0) is 20.6. The van der Waals surface area contributed by atoms with Gasteiger partial charge in [0, 0.05) is 41.6 Å². The maximum absolute atomic E-state index is 6.18. The molecule has 1 fully saturated rings. The van der Waals surface area contributed by atoms with Gasteiger partial charge in [0.1, 0.15) is 11.6 Å². The van der Waals surface area contributed by atoms with Crippen LogP contribution in [0.25, 0.3) is 10.9 Å². The summed E-state index contributed by atoms with van der Waals surface area (Å²) in [6.45, 7) is 15.4. The fourth-order valence-corrected chi connectivity index (χ4v) is 4.60. The Kier molecular flexibility index (Phi) is 5.60. The van der Waals surface area contributed by atoms with Crippen molar-refractivity contribution in [2.45, 2.75) is 71.9 Å². The molecule has 1 aromatic carbocycles. The summed E-state index contributed by atoms with van der Waals surface area (Å²) in [6.07, 6.45) is 4.75. The number of aromatic nitrogens is 1. The van der Waals surface area contributed by atoms with Gasteiger partial charge in [0.2, 0.25) is 0 Å². The maximum Gasteiger partial charge on any atom is 0.132 e. The maximum atomic E-state index is 6.18. The number of pyridine rings is 1. The van der Waals surface area contributed by atoms with E-state index < -0.39 is 0 Å². The van der Waals surface area contributed by atoms with Crippen molar-refractivity contribution in [1.29, 1.82) is 0 Å². The normalized spacial score (nSPS) is 18.3. The summed E-state index contributed by atoms with van der Waals surface area (Å²) in [5.74, 6) is 1.96. The third-order valence-corrected chi connectivity index (χ3v) is 5.96. The van der Waals surface area contributed by atoms with Gasteiger partial charge in [0.05, 0.1) is 17.8 Å². The second-order valence-corrected chi connectivity index (χ2v) is 9.68. The number of likely N-dealkylation sites (tertiary alicyclic amines) is 1. The predicted octanol–water partition coefficient (Wildman–Crippen LogP) is 4.97. The van der Waals surface area contributed by atoms with Crippen LogP contribution in [0.3, 0.4) is 0 Å². The number of hydrogen-bond donors (Lipinski definition) is 2. The first kappa shape index (κ1) is 20.3. The van der Waals surface area contributed by atoms with E-state index in [2.05, 4.69) is 62.3 Å². The van der Waals surface area contributed by atoms with Crippen molar-refractivity contribution in [2.75, 3.05) is 36.9 Å². The molecule has 0 unspecified atom stereocenters. The Labute approximate surface area is 175 Å². The van der Waals surface area contributed by atoms with Crippen LogP contribution >= 0.6 is 0 Å². The Bertz CT molecular complexity index is 884. The van der Waals surface area contributed by atoms with Crippen LogP contribution in [0.4, 0.5) is 11.5 Å².